The number of fused-ring (bicyclic) bond motifs is 3. The van der Waals surface area contributed by atoms with Crippen molar-refractivity contribution in [2.75, 3.05) is 19.6 Å². The summed E-state index contributed by atoms with van der Waals surface area (Å²) in [5.41, 5.74) is 5.91. The lowest BCUT2D eigenvalue weighted by molar-refractivity contribution is 0.227. The van der Waals surface area contributed by atoms with Crippen LogP contribution in [0.1, 0.15) is 37.1 Å². The van der Waals surface area contributed by atoms with E-state index in [9.17, 15) is 4.79 Å². The summed E-state index contributed by atoms with van der Waals surface area (Å²) in [4.78, 5) is 15.5. The molecule has 1 fully saturated rings. The Labute approximate surface area is 213 Å². The van der Waals surface area contributed by atoms with E-state index in [1.54, 1.807) is 10.6 Å². The Kier molecular flexibility index (Phi) is 6.99. The van der Waals surface area contributed by atoms with Gasteiger partial charge in [-0.3, -0.25) is 14.3 Å². The van der Waals surface area contributed by atoms with Gasteiger partial charge in [0.2, 0.25) is 0 Å². The minimum atomic E-state index is -0.0934. The van der Waals surface area contributed by atoms with E-state index >= 15 is 0 Å². The molecule has 1 saturated heterocycles. The molecule has 1 N–H and O–H groups in total. The van der Waals surface area contributed by atoms with Crippen LogP contribution in [0.5, 0.6) is 5.75 Å². The van der Waals surface area contributed by atoms with Crippen LogP contribution >= 0.6 is 0 Å². The first kappa shape index (κ1) is 24.3. The Morgan fingerprint density at radius 2 is 1.94 bits per heavy atom. The van der Waals surface area contributed by atoms with Gasteiger partial charge in [-0.25, -0.2) is 0 Å². The third-order valence-corrected chi connectivity index (χ3v) is 7.53. The number of rotatable bonds is 6. The van der Waals surface area contributed by atoms with Crippen molar-refractivity contribution in [3.8, 4) is 11.4 Å². The van der Waals surface area contributed by atoms with E-state index in [2.05, 4.69) is 40.0 Å². The van der Waals surface area contributed by atoms with Crippen LogP contribution in [-0.2, 0) is 26.6 Å². The Morgan fingerprint density at radius 1 is 1.08 bits per heavy atom. The molecular weight excluding hydrogens is 448 g/mol. The first-order chi connectivity index (χ1) is 17.2. The lowest BCUT2D eigenvalue weighted by Crippen LogP contribution is -2.40. The van der Waals surface area contributed by atoms with Gasteiger partial charge in [0.15, 0.2) is 0 Å². The Hall–Kier alpha value is -3.35. The fourth-order valence-electron chi connectivity index (χ4n) is 5.63. The number of nitrogens with zero attached hydrogens (tertiary/aromatic N) is 3. The van der Waals surface area contributed by atoms with E-state index in [1.165, 1.54) is 35.0 Å². The molecule has 2 aromatic heterocycles. The molecule has 6 rings (SSSR count). The van der Waals surface area contributed by atoms with Crippen LogP contribution in [0.4, 0.5) is 0 Å². The third-order valence-electron chi connectivity index (χ3n) is 7.53. The van der Waals surface area contributed by atoms with Crippen molar-refractivity contribution in [1.82, 2.24) is 19.4 Å². The molecule has 2 aliphatic heterocycles. The number of nitrogens with one attached hydrogen (secondary N) is 1. The number of benzene rings is 2. The molecule has 188 valence electrons. The Bertz CT molecular complexity index is 1400. The molecule has 1 unspecified atom stereocenters. The predicted octanol–water partition coefficient (Wildman–Crippen LogP) is 4.65. The summed E-state index contributed by atoms with van der Waals surface area (Å²) in [5.74, 6) is 0.586. The molecule has 0 amide bonds. The van der Waals surface area contributed by atoms with Crippen LogP contribution in [0.2, 0.25) is 0 Å². The smallest absolute Gasteiger partial charge is 0.258 e. The predicted molar refractivity (Wildman–Crippen MR) is 146 cm³/mol. The largest absolute Gasteiger partial charge is 0.489 e. The minimum Gasteiger partial charge on any atom is -0.489 e. The second kappa shape index (κ2) is 10.3. The molecule has 2 aromatic carbocycles. The molecule has 0 saturated carbocycles. The van der Waals surface area contributed by atoms with Crippen molar-refractivity contribution in [2.45, 2.75) is 45.9 Å². The van der Waals surface area contributed by atoms with Gasteiger partial charge in [0, 0.05) is 56.1 Å². The monoisotopic (exact) mass is 484 g/mol. The molecule has 0 radical (unpaired) electrons. The second-order valence-corrected chi connectivity index (χ2v) is 9.81. The molecule has 4 aromatic rings. The van der Waals surface area contributed by atoms with Gasteiger partial charge >= 0.3 is 0 Å². The maximum Gasteiger partial charge on any atom is 0.258 e. The summed E-state index contributed by atoms with van der Waals surface area (Å²) >= 11 is 0. The number of hydrogen-bond acceptors (Lipinski definition) is 4. The lowest BCUT2D eigenvalue weighted by atomic mass is 10.0. The summed E-state index contributed by atoms with van der Waals surface area (Å²) in [6, 6.07) is 20.4. The maximum atomic E-state index is 12.9. The normalized spacial score (nSPS) is 17.6. The maximum absolute atomic E-state index is 12.9. The van der Waals surface area contributed by atoms with Crippen LogP contribution in [0.3, 0.4) is 0 Å². The molecule has 4 heterocycles. The molecule has 1 atom stereocenters. The van der Waals surface area contributed by atoms with E-state index in [0.29, 0.717) is 18.4 Å². The SMILES string of the molecule is C.Cn1c2c(c3ccc(-n4ccc(OCc5ccccc5)cc4=O)cc31)CCN(CC1CCCN1)C2. The van der Waals surface area contributed by atoms with Crippen LogP contribution < -0.4 is 15.6 Å². The van der Waals surface area contributed by atoms with Crippen LogP contribution in [0, 0.1) is 0 Å². The summed E-state index contributed by atoms with van der Waals surface area (Å²) in [6.07, 6.45) is 5.46. The van der Waals surface area contributed by atoms with Crippen LogP contribution in [0.25, 0.3) is 16.6 Å². The zero-order valence-electron chi connectivity index (χ0n) is 20.2. The van der Waals surface area contributed by atoms with Gasteiger partial charge < -0.3 is 14.6 Å². The number of hydrogen-bond donors (Lipinski definition) is 1. The van der Waals surface area contributed by atoms with Crippen molar-refractivity contribution in [2.24, 2.45) is 7.05 Å². The van der Waals surface area contributed by atoms with E-state index in [-0.39, 0.29) is 13.0 Å². The first-order valence-corrected chi connectivity index (χ1v) is 12.6. The summed E-state index contributed by atoms with van der Waals surface area (Å²) in [7, 11) is 2.16. The average Bonchev–Trinajstić information content (AvgIpc) is 3.49. The standard InChI is InChI=1S/C29H32N4O2.CH4/c1-31-27-16-23(33-15-11-24(17-29(33)34)35-20-21-6-3-2-4-7-21)9-10-25(27)26-12-14-32(19-28(26)31)18-22-8-5-13-30-22;/h2-4,6-7,9-11,15-17,22,30H,5,8,12-14,18-20H2,1H3;1H4. The van der Waals surface area contributed by atoms with Gasteiger partial charge in [0.1, 0.15) is 12.4 Å². The quantitative estimate of drug-likeness (QED) is 0.433. The highest BCUT2D eigenvalue weighted by Gasteiger charge is 2.25. The molecule has 0 aliphatic carbocycles. The number of aryl methyl sites for hydroxylation is 1. The topological polar surface area (TPSA) is 51.4 Å². The molecule has 0 spiro atoms. The van der Waals surface area contributed by atoms with Crippen molar-refractivity contribution in [1.29, 1.82) is 0 Å². The van der Waals surface area contributed by atoms with Gasteiger partial charge in [0.05, 0.1) is 11.2 Å². The number of pyridine rings is 1. The van der Waals surface area contributed by atoms with Crippen molar-refractivity contribution < 1.29 is 4.74 Å². The minimum absolute atomic E-state index is 0. The van der Waals surface area contributed by atoms with Crippen molar-refractivity contribution >= 4 is 10.9 Å². The molecule has 0 bridgehead atoms. The summed E-state index contributed by atoms with van der Waals surface area (Å²) in [6.45, 7) is 4.82. The van der Waals surface area contributed by atoms with E-state index < -0.39 is 0 Å². The molecule has 6 nitrogen and oxygen atoms in total. The van der Waals surface area contributed by atoms with Gasteiger partial charge in [-0.15, -0.1) is 0 Å². The lowest BCUT2D eigenvalue weighted by Gasteiger charge is -2.30. The molecular formula is C30H36N4O2. The summed E-state index contributed by atoms with van der Waals surface area (Å²) < 4.78 is 9.86. The van der Waals surface area contributed by atoms with E-state index in [4.69, 9.17) is 4.74 Å². The van der Waals surface area contributed by atoms with E-state index in [0.717, 1.165) is 43.9 Å². The highest BCUT2D eigenvalue weighted by Crippen LogP contribution is 2.31. The molecule has 2 aliphatic rings. The molecule has 6 heteroatoms. The van der Waals surface area contributed by atoms with Gasteiger partial charge in [-0.2, -0.15) is 0 Å². The van der Waals surface area contributed by atoms with Crippen LogP contribution in [-0.4, -0.2) is 39.7 Å². The fourth-order valence-corrected chi connectivity index (χ4v) is 5.63. The van der Waals surface area contributed by atoms with Crippen LogP contribution in [0.15, 0.2) is 71.7 Å². The summed E-state index contributed by atoms with van der Waals surface area (Å²) in [5, 5.41) is 4.94. The Balaban J connectivity index is 0.00000267. The fraction of sp³-hybridized carbons (Fsp3) is 0.367. The van der Waals surface area contributed by atoms with Gasteiger partial charge in [-0.1, -0.05) is 43.8 Å². The highest BCUT2D eigenvalue weighted by molar-refractivity contribution is 5.87. The Morgan fingerprint density at radius 3 is 2.72 bits per heavy atom. The molecule has 36 heavy (non-hydrogen) atoms. The second-order valence-electron chi connectivity index (χ2n) is 9.81. The highest BCUT2D eigenvalue weighted by atomic mass is 16.5. The zero-order valence-corrected chi connectivity index (χ0v) is 20.2. The van der Waals surface area contributed by atoms with Crippen molar-refractivity contribution in [3.63, 3.8) is 0 Å². The number of ether oxygens (including phenoxy) is 1. The van der Waals surface area contributed by atoms with Crippen molar-refractivity contribution in [3.05, 3.63) is 94.0 Å². The first-order valence-electron chi connectivity index (χ1n) is 12.6. The third kappa shape index (κ3) is 4.71. The zero-order chi connectivity index (χ0) is 23.8. The van der Waals surface area contributed by atoms with Gasteiger partial charge in [-0.05, 0) is 55.1 Å². The van der Waals surface area contributed by atoms with Gasteiger partial charge in [0.25, 0.3) is 5.56 Å². The average molecular weight is 485 g/mol. The van der Waals surface area contributed by atoms with E-state index in [1.807, 2.05) is 42.6 Å². The number of aromatic nitrogens is 2.